The van der Waals surface area contributed by atoms with Crippen molar-refractivity contribution in [1.82, 2.24) is 5.32 Å². The van der Waals surface area contributed by atoms with Crippen molar-refractivity contribution >= 4 is 5.91 Å². The number of hydrogen-bond donors (Lipinski definition) is 5. The second kappa shape index (κ2) is 14.3. The highest BCUT2D eigenvalue weighted by Crippen LogP contribution is 2.22. The van der Waals surface area contributed by atoms with Crippen LogP contribution in [-0.4, -0.2) is 47.5 Å². The van der Waals surface area contributed by atoms with E-state index in [0.29, 0.717) is 56.2 Å². The van der Waals surface area contributed by atoms with E-state index in [1.54, 1.807) is 30.3 Å². The number of rotatable bonds is 15. The van der Waals surface area contributed by atoms with Gasteiger partial charge in [-0.2, -0.15) is 0 Å². The molecule has 36 heavy (non-hydrogen) atoms. The van der Waals surface area contributed by atoms with Crippen molar-refractivity contribution in [3.05, 3.63) is 100 Å². The zero-order valence-corrected chi connectivity index (χ0v) is 20.2. The van der Waals surface area contributed by atoms with Crippen LogP contribution in [0.1, 0.15) is 44.3 Å². The molecule has 0 radical (unpaired) electrons. The number of amides is 1. The van der Waals surface area contributed by atoms with Crippen LogP contribution < -0.4 is 11.1 Å². The van der Waals surface area contributed by atoms with E-state index in [2.05, 4.69) is 17.4 Å². The standard InChI is InChI=1S/C28H34N2O6/c29-28(34)24-6-2-5-22(14-24)19-36-12-11-35-18-21-4-1-3-20(13-21)9-10-30-16-27(33)23-7-8-26(32)25(15-23)17-31/h1-8,13-15,27,30-33H,9-12,16-19H2,(H2,29,34)/t27-/m0/s1. The lowest BCUT2D eigenvalue weighted by atomic mass is 10.0. The molecule has 0 aliphatic rings. The average Bonchev–Trinajstić information content (AvgIpc) is 2.89. The number of carbonyl (C=O) groups excluding carboxylic acids is 1. The number of nitrogens with two attached hydrogens (primary N) is 1. The van der Waals surface area contributed by atoms with Crippen LogP contribution in [0, 0.1) is 0 Å². The number of ether oxygens (including phenoxy) is 2. The van der Waals surface area contributed by atoms with Crippen LogP contribution in [0.2, 0.25) is 0 Å². The summed E-state index contributed by atoms with van der Waals surface area (Å²) in [4.78, 5) is 11.2. The Labute approximate surface area is 211 Å². The van der Waals surface area contributed by atoms with Gasteiger partial charge in [-0.05, 0) is 59.5 Å². The molecule has 0 saturated carbocycles. The first-order valence-corrected chi connectivity index (χ1v) is 11.9. The molecule has 3 aromatic carbocycles. The maximum absolute atomic E-state index is 11.2. The molecule has 0 heterocycles. The molecule has 0 fully saturated rings. The van der Waals surface area contributed by atoms with Crippen LogP contribution in [0.15, 0.2) is 66.7 Å². The van der Waals surface area contributed by atoms with Crippen LogP contribution in [0.5, 0.6) is 5.75 Å². The number of benzene rings is 3. The summed E-state index contributed by atoms with van der Waals surface area (Å²) in [5.74, 6) is -0.438. The molecule has 0 bridgehead atoms. The number of aromatic hydroxyl groups is 1. The van der Waals surface area contributed by atoms with E-state index in [4.69, 9.17) is 15.2 Å². The van der Waals surface area contributed by atoms with E-state index in [9.17, 15) is 20.1 Å². The Morgan fingerprint density at radius 3 is 2.28 bits per heavy atom. The fourth-order valence-corrected chi connectivity index (χ4v) is 3.72. The number of aliphatic hydroxyl groups excluding tert-OH is 2. The SMILES string of the molecule is NC(=O)c1cccc(COCCOCc2cccc(CCNC[C@H](O)c3ccc(O)c(CO)c3)c2)c1. The van der Waals surface area contributed by atoms with Crippen molar-refractivity contribution < 1.29 is 29.6 Å². The predicted molar refractivity (Wildman–Crippen MR) is 136 cm³/mol. The molecule has 0 aliphatic heterocycles. The molecule has 0 aliphatic carbocycles. The minimum absolute atomic E-state index is 0.0187. The molecular formula is C28H34N2O6. The Balaban J connectivity index is 1.32. The highest BCUT2D eigenvalue weighted by Gasteiger charge is 2.10. The van der Waals surface area contributed by atoms with Gasteiger partial charge >= 0.3 is 0 Å². The van der Waals surface area contributed by atoms with Crippen molar-refractivity contribution in [2.75, 3.05) is 26.3 Å². The molecule has 0 saturated heterocycles. The summed E-state index contributed by atoms with van der Waals surface area (Å²) in [7, 11) is 0. The largest absolute Gasteiger partial charge is 0.508 e. The van der Waals surface area contributed by atoms with Gasteiger partial charge in [0.25, 0.3) is 0 Å². The molecule has 0 unspecified atom stereocenters. The van der Waals surface area contributed by atoms with Gasteiger partial charge in [0.15, 0.2) is 0 Å². The topological polar surface area (TPSA) is 134 Å². The van der Waals surface area contributed by atoms with Crippen molar-refractivity contribution in [2.24, 2.45) is 5.73 Å². The minimum atomic E-state index is -0.732. The molecule has 1 amide bonds. The van der Waals surface area contributed by atoms with E-state index in [0.717, 1.165) is 23.1 Å². The second-order valence-electron chi connectivity index (χ2n) is 8.51. The number of carbonyl (C=O) groups is 1. The fraction of sp³-hybridized carbons (Fsp3) is 0.321. The van der Waals surface area contributed by atoms with E-state index in [1.165, 1.54) is 6.07 Å². The van der Waals surface area contributed by atoms with Crippen LogP contribution >= 0.6 is 0 Å². The van der Waals surface area contributed by atoms with Gasteiger partial charge in [0.1, 0.15) is 5.75 Å². The van der Waals surface area contributed by atoms with E-state index >= 15 is 0 Å². The summed E-state index contributed by atoms with van der Waals surface area (Å²) in [6.45, 7) is 2.54. The molecule has 8 heteroatoms. The maximum Gasteiger partial charge on any atom is 0.248 e. The molecule has 1 atom stereocenters. The third-order valence-corrected chi connectivity index (χ3v) is 5.70. The molecule has 3 rings (SSSR count). The quantitative estimate of drug-likeness (QED) is 0.205. The van der Waals surface area contributed by atoms with Gasteiger partial charge < -0.3 is 35.8 Å². The van der Waals surface area contributed by atoms with E-state index in [-0.39, 0.29) is 12.4 Å². The summed E-state index contributed by atoms with van der Waals surface area (Å²) in [5.41, 5.74) is 9.92. The van der Waals surface area contributed by atoms with Gasteiger partial charge in [-0.15, -0.1) is 0 Å². The lowest BCUT2D eigenvalue weighted by molar-refractivity contribution is 0.0338. The molecular weight excluding hydrogens is 460 g/mol. The third-order valence-electron chi connectivity index (χ3n) is 5.70. The van der Waals surface area contributed by atoms with E-state index < -0.39 is 12.0 Å². The number of phenols is 1. The van der Waals surface area contributed by atoms with Crippen molar-refractivity contribution in [3.8, 4) is 5.75 Å². The van der Waals surface area contributed by atoms with E-state index in [1.807, 2.05) is 18.2 Å². The first kappa shape index (κ1) is 27.3. The van der Waals surface area contributed by atoms with Gasteiger partial charge in [0.2, 0.25) is 5.91 Å². The molecule has 192 valence electrons. The third kappa shape index (κ3) is 8.75. The maximum atomic E-state index is 11.2. The Hall–Kier alpha value is -3.27. The minimum Gasteiger partial charge on any atom is -0.508 e. The van der Waals surface area contributed by atoms with Gasteiger partial charge in [-0.25, -0.2) is 0 Å². The number of primary amides is 1. The van der Waals surface area contributed by atoms with Crippen LogP contribution in [-0.2, 0) is 35.7 Å². The first-order valence-electron chi connectivity index (χ1n) is 11.9. The lowest BCUT2D eigenvalue weighted by Gasteiger charge is -2.14. The molecule has 0 aromatic heterocycles. The van der Waals surface area contributed by atoms with Crippen LogP contribution in [0.25, 0.3) is 0 Å². The highest BCUT2D eigenvalue weighted by atomic mass is 16.5. The Morgan fingerprint density at radius 1 is 0.917 bits per heavy atom. The Bertz CT molecular complexity index is 1120. The zero-order valence-electron chi connectivity index (χ0n) is 20.2. The predicted octanol–water partition coefficient (Wildman–Crippen LogP) is 2.58. The number of aliphatic hydroxyl groups is 2. The molecule has 0 spiro atoms. The van der Waals surface area contributed by atoms with Crippen LogP contribution in [0.4, 0.5) is 0 Å². The zero-order chi connectivity index (χ0) is 25.8. The normalized spacial score (nSPS) is 11.9. The Kier molecular flexibility index (Phi) is 10.9. The summed E-state index contributed by atoms with van der Waals surface area (Å²) in [6, 6.07) is 20.0. The highest BCUT2D eigenvalue weighted by molar-refractivity contribution is 5.92. The van der Waals surface area contributed by atoms with Crippen LogP contribution in [0.3, 0.4) is 0 Å². The lowest BCUT2D eigenvalue weighted by Crippen LogP contribution is -2.23. The summed E-state index contributed by atoms with van der Waals surface area (Å²) in [6.07, 6.45) is 0.0656. The molecule has 3 aromatic rings. The monoisotopic (exact) mass is 494 g/mol. The molecule has 6 N–H and O–H groups in total. The van der Waals surface area contributed by atoms with Crippen molar-refractivity contribution in [3.63, 3.8) is 0 Å². The number of hydrogen-bond acceptors (Lipinski definition) is 7. The summed E-state index contributed by atoms with van der Waals surface area (Å²) in [5, 5.41) is 32.5. The second-order valence-corrected chi connectivity index (χ2v) is 8.51. The van der Waals surface area contributed by atoms with Gasteiger partial charge in [0, 0.05) is 17.7 Å². The fourth-order valence-electron chi connectivity index (χ4n) is 3.72. The van der Waals surface area contributed by atoms with Gasteiger partial charge in [-0.3, -0.25) is 4.79 Å². The summed E-state index contributed by atoms with van der Waals surface area (Å²) >= 11 is 0. The van der Waals surface area contributed by atoms with Crippen molar-refractivity contribution in [2.45, 2.75) is 32.3 Å². The first-order chi connectivity index (χ1) is 17.5. The van der Waals surface area contributed by atoms with Gasteiger partial charge in [-0.1, -0.05) is 42.5 Å². The smallest absolute Gasteiger partial charge is 0.248 e. The summed E-state index contributed by atoms with van der Waals surface area (Å²) < 4.78 is 11.3. The number of nitrogens with one attached hydrogen (secondary N) is 1. The molecule has 8 nitrogen and oxygen atoms in total. The Morgan fingerprint density at radius 2 is 1.58 bits per heavy atom. The van der Waals surface area contributed by atoms with Gasteiger partial charge in [0.05, 0.1) is 39.1 Å². The average molecular weight is 495 g/mol. The van der Waals surface area contributed by atoms with Crippen molar-refractivity contribution in [1.29, 1.82) is 0 Å².